The van der Waals surface area contributed by atoms with Crippen LogP contribution in [0.15, 0.2) is 24.4 Å². The Morgan fingerprint density at radius 1 is 1.69 bits per heavy atom. The standard InChI is InChI=1S/C10H11N3O3/c1-8(14)11-5-2-3-9-7-10(13(15)16)4-6-12-9/h2-4,6-7H,5H2,1H3,(H,11,14). The molecule has 1 rings (SSSR count). The summed E-state index contributed by atoms with van der Waals surface area (Å²) >= 11 is 0. The average molecular weight is 221 g/mol. The van der Waals surface area contributed by atoms with Gasteiger partial charge in [-0.05, 0) is 6.08 Å². The monoisotopic (exact) mass is 221 g/mol. The number of pyridine rings is 1. The highest BCUT2D eigenvalue weighted by Crippen LogP contribution is 2.11. The number of carbonyl (C=O) groups is 1. The number of amides is 1. The Labute approximate surface area is 92.2 Å². The first-order valence-corrected chi connectivity index (χ1v) is 4.61. The fourth-order valence-electron chi connectivity index (χ4n) is 1.02. The second kappa shape index (κ2) is 5.59. The van der Waals surface area contributed by atoms with Gasteiger partial charge in [-0.1, -0.05) is 6.08 Å². The van der Waals surface area contributed by atoms with Crippen molar-refractivity contribution in [3.63, 3.8) is 0 Å². The van der Waals surface area contributed by atoms with Crippen molar-refractivity contribution < 1.29 is 9.72 Å². The fraction of sp³-hybridized carbons (Fsp3) is 0.200. The Balaban J connectivity index is 2.63. The number of hydrogen-bond donors (Lipinski definition) is 1. The quantitative estimate of drug-likeness (QED) is 0.610. The third kappa shape index (κ3) is 3.87. The molecule has 0 spiro atoms. The predicted octanol–water partition coefficient (Wildman–Crippen LogP) is 1.14. The Hall–Kier alpha value is -2.24. The largest absolute Gasteiger partial charge is 0.353 e. The lowest BCUT2D eigenvalue weighted by Gasteiger charge is -1.95. The molecule has 0 aliphatic rings. The van der Waals surface area contributed by atoms with Gasteiger partial charge < -0.3 is 5.32 Å². The average Bonchev–Trinajstić information content (AvgIpc) is 2.24. The summed E-state index contributed by atoms with van der Waals surface area (Å²) in [5.74, 6) is -0.128. The molecular weight excluding hydrogens is 210 g/mol. The van der Waals surface area contributed by atoms with Crippen molar-refractivity contribution in [1.29, 1.82) is 0 Å². The Bertz CT molecular complexity index is 429. The molecule has 0 fully saturated rings. The number of hydrogen-bond acceptors (Lipinski definition) is 4. The lowest BCUT2D eigenvalue weighted by Crippen LogP contribution is -2.19. The molecule has 0 saturated carbocycles. The van der Waals surface area contributed by atoms with Crippen LogP contribution in [0.1, 0.15) is 12.6 Å². The molecule has 0 aromatic carbocycles. The number of aromatic nitrogens is 1. The van der Waals surface area contributed by atoms with Crippen LogP contribution < -0.4 is 5.32 Å². The van der Waals surface area contributed by atoms with E-state index >= 15 is 0 Å². The molecule has 0 atom stereocenters. The van der Waals surface area contributed by atoms with Gasteiger partial charge in [0.1, 0.15) is 0 Å². The summed E-state index contributed by atoms with van der Waals surface area (Å²) in [5, 5.41) is 13.0. The van der Waals surface area contributed by atoms with Crippen molar-refractivity contribution in [2.75, 3.05) is 6.54 Å². The molecule has 0 unspecified atom stereocenters. The van der Waals surface area contributed by atoms with E-state index in [4.69, 9.17) is 0 Å². The third-order valence-electron chi connectivity index (χ3n) is 1.73. The van der Waals surface area contributed by atoms with Crippen LogP contribution in [0.3, 0.4) is 0 Å². The molecule has 84 valence electrons. The first-order chi connectivity index (χ1) is 7.59. The van der Waals surface area contributed by atoms with E-state index in [1.807, 2.05) is 0 Å². The van der Waals surface area contributed by atoms with Crippen LogP contribution in [0.4, 0.5) is 5.69 Å². The number of carbonyl (C=O) groups excluding carboxylic acids is 1. The molecule has 0 saturated heterocycles. The maximum atomic E-state index is 10.5. The van der Waals surface area contributed by atoms with Gasteiger partial charge in [-0.2, -0.15) is 0 Å². The zero-order valence-electron chi connectivity index (χ0n) is 8.71. The van der Waals surface area contributed by atoms with Gasteiger partial charge in [-0.15, -0.1) is 0 Å². The second-order valence-electron chi connectivity index (χ2n) is 3.04. The molecule has 1 heterocycles. The molecule has 1 N–H and O–H groups in total. The topological polar surface area (TPSA) is 85.1 Å². The number of rotatable bonds is 4. The third-order valence-corrected chi connectivity index (χ3v) is 1.73. The maximum absolute atomic E-state index is 10.5. The van der Waals surface area contributed by atoms with Crippen molar-refractivity contribution >= 4 is 17.7 Å². The summed E-state index contributed by atoms with van der Waals surface area (Å²) in [5.41, 5.74) is 0.480. The summed E-state index contributed by atoms with van der Waals surface area (Å²) < 4.78 is 0. The molecule has 0 aliphatic heterocycles. The van der Waals surface area contributed by atoms with Crippen molar-refractivity contribution in [3.8, 4) is 0 Å². The first-order valence-electron chi connectivity index (χ1n) is 4.61. The highest BCUT2D eigenvalue weighted by molar-refractivity contribution is 5.73. The van der Waals surface area contributed by atoms with E-state index in [0.29, 0.717) is 12.2 Å². The zero-order valence-corrected chi connectivity index (χ0v) is 8.71. The highest BCUT2D eigenvalue weighted by Gasteiger charge is 2.04. The lowest BCUT2D eigenvalue weighted by molar-refractivity contribution is -0.384. The minimum absolute atomic E-state index is 0.00539. The van der Waals surface area contributed by atoms with Gasteiger partial charge in [-0.3, -0.25) is 19.9 Å². The maximum Gasteiger partial charge on any atom is 0.273 e. The van der Waals surface area contributed by atoms with Gasteiger partial charge in [0.25, 0.3) is 5.69 Å². The minimum atomic E-state index is -0.479. The van der Waals surface area contributed by atoms with Gasteiger partial charge >= 0.3 is 0 Å². The summed E-state index contributed by atoms with van der Waals surface area (Å²) in [6.45, 7) is 1.79. The lowest BCUT2D eigenvalue weighted by atomic mass is 10.3. The summed E-state index contributed by atoms with van der Waals surface area (Å²) in [7, 11) is 0. The molecule has 6 heteroatoms. The van der Waals surface area contributed by atoms with Gasteiger partial charge in [0.2, 0.25) is 5.91 Å². The van der Waals surface area contributed by atoms with E-state index in [-0.39, 0.29) is 11.6 Å². The Morgan fingerprint density at radius 2 is 2.44 bits per heavy atom. The molecule has 1 aromatic rings. The molecular formula is C10H11N3O3. The number of nitrogens with zero attached hydrogens (tertiary/aromatic N) is 2. The second-order valence-corrected chi connectivity index (χ2v) is 3.04. The number of nitrogens with one attached hydrogen (secondary N) is 1. The molecule has 0 aliphatic carbocycles. The van der Waals surface area contributed by atoms with Gasteiger partial charge in [-0.25, -0.2) is 0 Å². The van der Waals surface area contributed by atoms with Gasteiger partial charge in [0, 0.05) is 31.8 Å². The van der Waals surface area contributed by atoms with E-state index in [1.165, 1.54) is 25.3 Å². The van der Waals surface area contributed by atoms with Crippen LogP contribution in [0.5, 0.6) is 0 Å². The molecule has 0 bridgehead atoms. The van der Waals surface area contributed by atoms with Crippen LogP contribution in [-0.2, 0) is 4.79 Å². The summed E-state index contributed by atoms with van der Waals surface area (Å²) in [4.78, 5) is 24.5. The van der Waals surface area contributed by atoms with E-state index in [1.54, 1.807) is 12.2 Å². The van der Waals surface area contributed by atoms with Crippen LogP contribution in [0.2, 0.25) is 0 Å². The van der Waals surface area contributed by atoms with Gasteiger partial charge in [0.15, 0.2) is 0 Å². The van der Waals surface area contributed by atoms with Crippen molar-refractivity contribution in [2.45, 2.75) is 6.92 Å². The highest BCUT2D eigenvalue weighted by atomic mass is 16.6. The van der Waals surface area contributed by atoms with E-state index < -0.39 is 4.92 Å². The van der Waals surface area contributed by atoms with E-state index in [2.05, 4.69) is 10.3 Å². The fourth-order valence-corrected chi connectivity index (χ4v) is 1.02. The van der Waals surface area contributed by atoms with Crippen LogP contribution >= 0.6 is 0 Å². The summed E-state index contributed by atoms with van der Waals surface area (Å²) in [6, 6.07) is 2.69. The van der Waals surface area contributed by atoms with Crippen molar-refractivity contribution in [2.24, 2.45) is 0 Å². The van der Waals surface area contributed by atoms with Crippen LogP contribution in [0.25, 0.3) is 6.08 Å². The first kappa shape index (κ1) is 11.8. The number of nitro groups is 1. The molecule has 6 nitrogen and oxygen atoms in total. The Morgan fingerprint density at radius 3 is 3.06 bits per heavy atom. The SMILES string of the molecule is CC(=O)NCC=Cc1cc([N+](=O)[O-])ccn1. The van der Waals surface area contributed by atoms with Crippen LogP contribution in [0, 0.1) is 10.1 Å². The van der Waals surface area contributed by atoms with Gasteiger partial charge in [0.05, 0.1) is 10.6 Å². The van der Waals surface area contributed by atoms with E-state index in [0.717, 1.165) is 0 Å². The summed E-state index contributed by atoms with van der Waals surface area (Å²) in [6.07, 6.45) is 4.66. The Kier molecular flexibility index (Phi) is 4.14. The zero-order chi connectivity index (χ0) is 12.0. The van der Waals surface area contributed by atoms with Crippen molar-refractivity contribution in [1.82, 2.24) is 10.3 Å². The van der Waals surface area contributed by atoms with E-state index in [9.17, 15) is 14.9 Å². The van der Waals surface area contributed by atoms with Crippen LogP contribution in [-0.4, -0.2) is 22.4 Å². The predicted molar refractivity (Wildman–Crippen MR) is 58.6 cm³/mol. The van der Waals surface area contributed by atoms with Crippen molar-refractivity contribution in [3.05, 3.63) is 40.2 Å². The molecule has 1 aromatic heterocycles. The molecule has 16 heavy (non-hydrogen) atoms. The normalized spacial score (nSPS) is 10.3. The molecule has 0 radical (unpaired) electrons. The smallest absolute Gasteiger partial charge is 0.273 e. The minimum Gasteiger partial charge on any atom is -0.353 e. The molecule has 1 amide bonds.